The monoisotopic (exact) mass is 513 g/mol. The number of benzene rings is 7. The summed E-state index contributed by atoms with van der Waals surface area (Å²) in [7, 11) is 0. The Balaban J connectivity index is 1.53. The van der Waals surface area contributed by atoms with Crippen molar-refractivity contribution >= 4 is 65.2 Å². The Morgan fingerprint density at radius 1 is 0.400 bits per heavy atom. The first-order valence-corrected chi connectivity index (χ1v) is 13.4. The second-order valence-electron chi connectivity index (χ2n) is 10.2. The van der Waals surface area contributed by atoms with E-state index < -0.39 is 0 Å². The van der Waals surface area contributed by atoms with E-state index in [1.165, 1.54) is 0 Å². The molecule has 2 nitrogen and oxygen atoms in total. The van der Waals surface area contributed by atoms with Crippen LogP contribution in [0.4, 0.5) is 0 Å². The molecule has 0 aliphatic rings. The van der Waals surface area contributed by atoms with Crippen molar-refractivity contribution in [3.8, 4) is 11.4 Å². The second-order valence-corrected chi connectivity index (χ2v) is 10.2. The minimum absolute atomic E-state index is 0.0316. The first-order chi connectivity index (χ1) is 21.9. The molecule has 9 rings (SSSR count). The predicted octanol–water partition coefficient (Wildman–Crippen LogP) is 10.2. The van der Waals surface area contributed by atoms with Crippen molar-refractivity contribution in [3.63, 3.8) is 0 Å². The topological polar surface area (TPSA) is 9.86 Å². The highest BCUT2D eigenvalue weighted by Gasteiger charge is 2.20. The molecule has 0 amide bonds. The predicted molar refractivity (Wildman–Crippen MR) is 170 cm³/mol. The molecule has 0 atom stereocenters. The summed E-state index contributed by atoms with van der Waals surface area (Å²) in [5.41, 5.74) is 3.84. The van der Waals surface area contributed by atoms with Gasteiger partial charge in [0.25, 0.3) is 0 Å². The van der Waals surface area contributed by atoms with Crippen LogP contribution in [0.25, 0.3) is 76.5 Å². The number of rotatable bonds is 2. The van der Waals surface area contributed by atoms with Gasteiger partial charge in [-0.2, -0.15) is 0 Å². The highest BCUT2D eigenvalue weighted by atomic mass is 15.0. The van der Waals surface area contributed by atoms with E-state index in [2.05, 4.69) is 18.2 Å². The van der Waals surface area contributed by atoms with Crippen LogP contribution in [-0.4, -0.2) is 9.13 Å². The largest absolute Gasteiger partial charge is 0.309 e. The molecule has 0 unspecified atom stereocenters. The van der Waals surface area contributed by atoms with Crippen molar-refractivity contribution in [2.24, 2.45) is 0 Å². The van der Waals surface area contributed by atoms with Gasteiger partial charge >= 0.3 is 0 Å². The first-order valence-electron chi connectivity index (χ1n) is 15.9. The quantitative estimate of drug-likeness (QED) is 0.218. The maximum atomic E-state index is 9.52. The molecule has 0 saturated heterocycles. The maximum Gasteiger partial charge on any atom is 0.0646 e. The van der Waals surface area contributed by atoms with E-state index in [-0.39, 0.29) is 24.2 Å². The Hall–Kier alpha value is -5.34. The fourth-order valence-electron chi connectivity index (χ4n) is 6.29. The SMILES string of the molecule is [2H]c1ccc2c3c4c5cccc([2H])c5n(-c5ccc6ccccc6c5)c4c([2H])c([2H])c3n(-c3ccc4ccccc4c3)c2c1[2H]. The van der Waals surface area contributed by atoms with Gasteiger partial charge < -0.3 is 9.13 Å². The molecule has 2 heterocycles. The molecule has 9 aromatic rings. The van der Waals surface area contributed by atoms with Gasteiger partial charge in [0.05, 0.1) is 28.9 Å². The van der Waals surface area contributed by atoms with Crippen molar-refractivity contribution in [1.82, 2.24) is 9.13 Å². The molecule has 0 bridgehead atoms. The summed E-state index contributed by atoms with van der Waals surface area (Å²) in [5.74, 6) is 0. The van der Waals surface area contributed by atoms with Crippen molar-refractivity contribution in [2.45, 2.75) is 0 Å². The third kappa shape index (κ3) is 2.93. The highest BCUT2D eigenvalue weighted by Crippen LogP contribution is 2.42. The van der Waals surface area contributed by atoms with Gasteiger partial charge in [-0.1, -0.05) is 97.0 Å². The fourth-order valence-corrected chi connectivity index (χ4v) is 6.29. The molecule has 40 heavy (non-hydrogen) atoms. The Labute approximate surface area is 237 Å². The Kier molecular flexibility index (Phi) is 3.49. The van der Waals surface area contributed by atoms with E-state index in [0.717, 1.165) is 54.5 Å². The van der Waals surface area contributed by atoms with Crippen LogP contribution in [0.5, 0.6) is 0 Å². The van der Waals surface area contributed by atoms with Crippen molar-refractivity contribution in [3.05, 3.63) is 145 Å². The minimum Gasteiger partial charge on any atom is -0.309 e. The van der Waals surface area contributed by atoms with Gasteiger partial charge in [-0.05, 0) is 70.0 Å². The van der Waals surface area contributed by atoms with Gasteiger partial charge in [-0.25, -0.2) is 0 Å². The van der Waals surface area contributed by atoms with Gasteiger partial charge in [-0.3, -0.25) is 0 Å². The van der Waals surface area contributed by atoms with E-state index >= 15 is 0 Å². The number of nitrogens with zero attached hydrogens (tertiary/aromatic N) is 2. The summed E-state index contributed by atoms with van der Waals surface area (Å²) in [4.78, 5) is 0. The van der Waals surface area contributed by atoms with Crippen LogP contribution in [0.1, 0.15) is 6.85 Å². The van der Waals surface area contributed by atoms with Crippen LogP contribution in [0.2, 0.25) is 0 Å². The Morgan fingerprint density at radius 2 is 0.900 bits per heavy atom. The molecule has 0 aliphatic heterocycles. The van der Waals surface area contributed by atoms with Crippen LogP contribution >= 0.6 is 0 Å². The standard InChI is InChI=1S/C38H24N2/c1-3-11-27-23-29(19-17-25(27)9-1)39-33-15-7-5-13-31(33)37-35(39)21-22-36-38(37)32-14-6-8-16-34(32)40(36)30-20-18-26-10-2-4-12-28(26)24-30/h1-24H/i7D,15D,16D,21D,22D. The Morgan fingerprint density at radius 3 is 1.50 bits per heavy atom. The number of para-hydroxylation sites is 2. The first kappa shape index (κ1) is 17.3. The normalized spacial score (nSPS) is 13.8. The van der Waals surface area contributed by atoms with Gasteiger partial charge in [0.1, 0.15) is 0 Å². The van der Waals surface area contributed by atoms with Crippen LogP contribution in [0.15, 0.2) is 145 Å². The molecule has 0 fully saturated rings. The number of fused-ring (bicyclic) bond motifs is 9. The third-order valence-corrected chi connectivity index (χ3v) is 8.05. The number of hydrogen-bond donors (Lipinski definition) is 0. The van der Waals surface area contributed by atoms with Crippen molar-refractivity contribution < 1.29 is 6.85 Å². The lowest BCUT2D eigenvalue weighted by molar-refractivity contribution is 1.18. The average molecular weight is 514 g/mol. The zero-order chi connectivity index (χ0) is 30.6. The molecule has 0 aliphatic carbocycles. The summed E-state index contributed by atoms with van der Waals surface area (Å²) >= 11 is 0. The van der Waals surface area contributed by atoms with E-state index in [1.807, 2.05) is 94.1 Å². The molecule has 0 N–H and O–H groups in total. The average Bonchev–Trinajstić information content (AvgIpc) is 3.60. The van der Waals surface area contributed by atoms with Gasteiger partial charge in [0.15, 0.2) is 0 Å². The van der Waals surface area contributed by atoms with Crippen LogP contribution in [0.3, 0.4) is 0 Å². The van der Waals surface area contributed by atoms with Crippen LogP contribution in [0, 0.1) is 0 Å². The molecule has 2 heteroatoms. The zero-order valence-corrected chi connectivity index (χ0v) is 21.4. The minimum atomic E-state index is 0.0316. The number of aromatic nitrogens is 2. The third-order valence-electron chi connectivity index (χ3n) is 8.05. The van der Waals surface area contributed by atoms with Gasteiger partial charge in [0.2, 0.25) is 0 Å². The van der Waals surface area contributed by atoms with Gasteiger partial charge in [0, 0.05) is 32.9 Å². The molecule has 186 valence electrons. The molecule has 2 aromatic heterocycles. The van der Waals surface area contributed by atoms with E-state index in [9.17, 15) is 2.74 Å². The van der Waals surface area contributed by atoms with Gasteiger partial charge in [-0.15, -0.1) is 0 Å². The fraction of sp³-hybridized carbons (Fsp3) is 0. The summed E-state index contributed by atoms with van der Waals surface area (Å²) in [6.45, 7) is 0. The molecule has 7 aromatic carbocycles. The maximum absolute atomic E-state index is 9.52. The lowest BCUT2D eigenvalue weighted by Gasteiger charge is -2.11. The summed E-state index contributed by atoms with van der Waals surface area (Å²) in [6, 6.07) is 38.0. The summed E-state index contributed by atoms with van der Waals surface area (Å²) < 4.78 is 49.5. The van der Waals surface area contributed by atoms with E-state index in [4.69, 9.17) is 4.11 Å². The van der Waals surface area contributed by atoms with E-state index in [1.54, 1.807) is 12.1 Å². The summed E-state index contributed by atoms with van der Waals surface area (Å²) in [5, 5.41) is 7.29. The molecule has 0 spiro atoms. The molecule has 0 radical (unpaired) electrons. The van der Waals surface area contributed by atoms with Crippen LogP contribution in [-0.2, 0) is 0 Å². The summed E-state index contributed by atoms with van der Waals surface area (Å²) in [6.07, 6.45) is 0. The lowest BCUT2D eigenvalue weighted by atomic mass is 10.1. The molecular weight excluding hydrogens is 484 g/mol. The van der Waals surface area contributed by atoms with Crippen molar-refractivity contribution in [2.75, 3.05) is 0 Å². The van der Waals surface area contributed by atoms with Crippen molar-refractivity contribution in [1.29, 1.82) is 0 Å². The molecular formula is C38H24N2. The molecule has 0 saturated carbocycles. The smallest absolute Gasteiger partial charge is 0.0646 e. The van der Waals surface area contributed by atoms with E-state index in [0.29, 0.717) is 28.1 Å². The number of hydrogen-bond acceptors (Lipinski definition) is 0. The zero-order valence-electron chi connectivity index (χ0n) is 26.4. The lowest BCUT2D eigenvalue weighted by Crippen LogP contribution is -1.95. The second kappa shape index (κ2) is 8.08. The van der Waals surface area contributed by atoms with Crippen LogP contribution < -0.4 is 0 Å². The highest BCUT2D eigenvalue weighted by molar-refractivity contribution is 6.29. The Bertz CT molecular complexity index is 2720.